The molecule has 0 radical (unpaired) electrons. The summed E-state index contributed by atoms with van der Waals surface area (Å²) in [6.07, 6.45) is -0.182. The molecule has 0 aromatic heterocycles. The lowest BCUT2D eigenvalue weighted by atomic mass is 10.5. The molecule has 0 spiro atoms. The zero-order valence-corrected chi connectivity index (χ0v) is 7.52. The average Bonchev–Trinajstić information content (AvgIpc) is 2.12. The first-order valence-corrected chi connectivity index (χ1v) is 3.39. The molecule has 6 nitrogen and oxygen atoms in total. The Kier molecular flexibility index (Phi) is 4.71. The molecule has 0 saturated heterocycles. The third kappa shape index (κ3) is 2.85. The molecule has 0 aromatic rings. The molecule has 6 heteroatoms. The van der Waals surface area contributed by atoms with Gasteiger partial charge in [0.1, 0.15) is 0 Å². The van der Waals surface area contributed by atoms with Crippen molar-refractivity contribution in [1.82, 2.24) is 4.90 Å². The summed E-state index contributed by atoms with van der Waals surface area (Å²) >= 11 is 0. The maximum absolute atomic E-state index is 11.1. The van der Waals surface area contributed by atoms with Gasteiger partial charge in [0.25, 0.3) is 5.91 Å². The average molecular weight is 188 g/mol. The molecule has 0 aliphatic carbocycles. The summed E-state index contributed by atoms with van der Waals surface area (Å²) < 4.78 is 9.36. The van der Waals surface area contributed by atoms with Gasteiger partial charge < -0.3 is 15.2 Å². The topological polar surface area (TPSA) is 81.9 Å². The van der Waals surface area contributed by atoms with Crippen molar-refractivity contribution in [1.29, 1.82) is 0 Å². The number of rotatable bonds is 4. The van der Waals surface area contributed by atoms with E-state index in [1.54, 1.807) is 0 Å². The number of imide groups is 1. The molecule has 0 unspecified atom stereocenters. The number of primary amides is 1. The zero-order valence-electron chi connectivity index (χ0n) is 7.52. The first-order chi connectivity index (χ1) is 6.08. The van der Waals surface area contributed by atoms with Crippen LogP contribution in [-0.2, 0) is 14.3 Å². The van der Waals surface area contributed by atoms with Crippen LogP contribution in [-0.4, -0.2) is 37.5 Å². The standard InChI is InChI=1S/C7H12N2O4/c1-4-5(10)9(6(8)11)7(12-2)13-3/h4,7H,1H2,2-3H3,(H2,8,11). The van der Waals surface area contributed by atoms with Crippen molar-refractivity contribution in [3.05, 3.63) is 12.7 Å². The molecule has 0 aliphatic rings. The Balaban J connectivity index is 4.67. The summed E-state index contributed by atoms with van der Waals surface area (Å²) in [5, 5.41) is 0. The third-order valence-electron chi connectivity index (χ3n) is 1.26. The Morgan fingerprint density at radius 2 is 1.92 bits per heavy atom. The predicted molar refractivity (Wildman–Crippen MR) is 44.4 cm³/mol. The van der Waals surface area contributed by atoms with Crippen LogP contribution in [0.15, 0.2) is 12.7 Å². The summed E-state index contributed by atoms with van der Waals surface area (Å²) in [5.74, 6) is -0.679. The normalized spacial score (nSPS) is 9.77. The van der Waals surface area contributed by atoms with Gasteiger partial charge in [-0.05, 0) is 6.08 Å². The molecule has 0 aromatic carbocycles. The molecule has 0 saturated carbocycles. The van der Waals surface area contributed by atoms with Crippen LogP contribution in [0.2, 0.25) is 0 Å². The quantitative estimate of drug-likeness (QED) is 0.483. The lowest BCUT2D eigenvalue weighted by molar-refractivity contribution is -0.183. The van der Waals surface area contributed by atoms with Crippen molar-refractivity contribution < 1.29 is 19.1 Å². The molecule has 2 N–H and O–H groups in total. The van der Waals surface area contributed by atoms with Crippen LogP contribution in [0.4, 0.5) is 4.79 Å². The van der Waals surface area contributed by atoms with E-state index >= 15 is 0 Å². The summed E-state index contributed by atoms with van der Waals surface area (Å²) in [7, 11) is 2.56. The van der Waals surface area contributed by atoms with Gasteiger partial charge in [0.15, 0.2) is 0 Å². The minimum atomic E-state index is -1.12. The second-order valence-corrected chi connectivity index (χ2v) is 2.03. The number of nitrogens with zero attached hydrogens (tertiary/aromatic N) is 1. The molecule has 3 amide bonds. The fraction of sp³-hybridized carbons (Fsp3) is 0.429. The highest BCUT2D eigenvalue weighted by Crippen LogP contribution is 2.02. The maximum atomic E-state index is 11.1. The number of urea groups is 1. The first kappa shape index (κ1) is 11.6. The monoisotopic (exact) mass is 188 g/mol. The van der Waals surface area contributed by atoms with Gasteiger partial charge in [-0.25, -0.2) is 9.69 Å². The zero-order chi connectivity index (χ0) is 10.4. The second kappa shape index (κ2) is 5.28. The van der Waals surface area contributed by atoms with Crippen LogP contribution in [0.1, 0.15) is 0 Å². The largest absolute Gasteiger partial charge is 0.351 e. The number of carbonyl (C=O) groups excluding carboxylic acids is 2. The molecular weight excluding hydrogens is 176 g/mol. The molecule has 0 rings (SSSR count). The van der Waals surface area contributed by atoms with Gasteiger partial charge in [0.05, 0.1) is 0 Å². The molecule has 0 aliphatic heterocycles. The fourth-order valence-corrected chi connectivity index (χ4v) is 0.722. The van der Waals surface area contributed by atoms with E-state index in [2.05, 4.69) is 16.1 Å². The van der Waals surface area contributed by atoms with E-state index in [9.17, 15) is 9.59 Å². The van der Waals surface area contributed by atoms with Crippen molar-refractivity contribution in [2.24, 2.45) is 5.73 Å². The van der Waals surface area contributed by atoms with Crippen molar-refractivity contribution in [2.75, 3.05) is 14.2 Å². The van der Waals surface area contributed by atoms with Gasteiger partial charge >= 0.3 is 6.03 Å². The number of hydrogen-bond acceptors (Lipinski definition) is 4. The first-order valence-electron chi connectivity index (χ1n) is 3.39. The van der Waals surface area contributed by atoms with Gasteiger partial charge in [0.2, 0.25) is 6.41 Å². The fourth-order valence-electron chi connectivity index (χ4n) is 0.722. The Morgan fingerprint density at radius 1 is 1.46 bits per heavy atom. The van der Waals surface area contributed by atoms with E-state index in [4.69, 9.17) is 5.73 Å². The summed E-state index contributed by atoms with van der Waals surface area (Å²) in [6, 6.07) is -0.960. The highest BCUT2D eigenvalue weighted by Gasteiger charge is 2.25. The van der Waals surface area contributed by atoms with Crippen molar-refractivity contribution in [3.8, 4) is 0 Å². The van der Waals surface area contributed by atoms with Gasteiger partial charge in [-0.2, -0.15) is 0 Å². The Bertz CT molecular complexity index is 213. The van der Waals surface area contributed by atoms with E-state index in [1.807, 2.05) is 0 Å². The number of nitrogens with two attached hydrogens (primary N) is 1. The number of methoxy groups -OCH3 is 2. The number of ether oxygens (including phenoxy) is 2. The van der Waals surface area contributed by atoms with E-state index in [1.165, 1.54) is 14.2 Å². The molecule has 0 bridgehead atoms. The highest BCUT2D eigenvalue weighted by molar-refractivity contribution is 5.99. The van der Waals surface area contributed by atoms with Gasteiger partial charge in [-0.3, -0.25) is 4.79 Å². The number of hydrogen-bond donors (Lipinski definition) is 1. The second-order valence-electron chi connectivity index (χ2n) is 2.03. The summed E-state index contributed by atoms with van der Waals surface area (Å²) in [4.78, 5) is 22.4. The minimum Gasteiger partial charge on any atom is -0.351 e. The molecule has 0 fully saturated rings. The van der Waals surface area contributed by atoms with Gasteiger partial charge in [-0.1, -0.05) is 6.58 Å². The maximum Gasteiger partial charge on any atom is 0.325 e. The van der Waals surface area contributed by atoms with Crippen LogP contribution in [0, 0.1) is 0 Å². The SMILES string of the molecule is C=CC(=O)N(C(N)=O)C(OC)OC. The number of carbonyl (C=O) groups is 2. The van der Waals surface area contributed by atoms with Crippen LogP contribution >= 0.6 is 0 Å². The van der Waals surface area contributed by atoms with E-state index in [0.29, 0.717) is 4.90 Å². The lowest BCUT2D eigenvalue weighted by Crippen LogP contribution is -2.48. The lowest BCUT2D eigenvalue weighted by Gasteiger charge is -2.24. The predicted octanol–water partition coefficient (Wildman–Crippen LogP) is -0.344. The summed E-state index contributed by atoms with van der Waals surface area (Å²) in [6.45, 7) is 3.20. The molecule has 0 heterocycles. The van der Waals surface area contributed by atoms with Crippen molar-refractivity contribution >= 4 is 11.9 Å². The summed E-state index contributed by atoms with van der Waals surface area (Å²) in [5.41, 5.74) is 4.92. The van der Waals surface area contributed by atoms with Crippen LogP contribution in [0.5, 0.6) is 0 Å². The smallest absolute Gasteiger partial charge is 0.325 e. The number of amides is 3. The van der Waals surface area contributed by atoms with Crippen LogP contribution in [0.3, 0.4) is 0 Å². The van der Waals surface area contributed by atoms with Crippen molar-refractivity contribution in [3.63, 3.8) is 0 Å². The van der Waals surface area contributed by atoms with Gasteiger partial charge in [-0.15, -0.1) is 0 Å². The van der Waals surface area contributed by atoms with Gasteiger partial charge in [0, 0.05) is 14.2 Å². The minimum absolute atomic E-state index is 0.604. The van der Waals surface area contributed by atoms with E-state index in [0.717, 1.165) is 6.08 Å². The molecular formula is C7H12N2O4. The third-order valence-corrected chi connectivity index (χ3v) is 1.26. The Hall–Kier alpha value is -1.40. The van der Waals surface area contributed by atoms with E-state index in [-0.39, 0.29) is 0 Å². The highest BCUT2D eigenvalue weighted by atomic mass is 16.7. The molecule has 0 atom stereocenters. The molecule has 74 valence electrons. The van der Waals surface area contributed by atoms with Crippen LogP contribution in [0.25, 0.3) is 0 Å². The Morgan fingerprint density at radius 3 is 2.15 bits per heavy atom. The van der Waals surface area contributed by atoms with E-state index < -0.39 is 18.4 Å². The Labute approximate surface area is 75.9 Å². The molecule has 13 heavy (non-hydrogen) atoms. The van der Waals surface area contributed by atoms with Crippen LogP contribution < -0.4 is 5.73 Å². The van der Waals surface area contributed by atoms with Crippen molar-refractivity contribution in [2.45, 2.75) is 6.41 Å².